The summed E-state index contributed by atoms with van der Waals surface area (Å²) in [7, 11) is 1.63. The fourth-order valence-electron chi connectivity index (χ4n) is 3.10. The highest BCUT2D eigenvalue weighted by Crippen LogP contribution is 2.37. The van der Waals surface area contributed by atoms with Gasteiger partial charge in [-0.15, -0.1) is 0 Å². The van der Waals surface area contributed by atoms with Crippen LogP contribution in [-0.2, 0) is 13.2 Å². The normalized spacial score (nSPS) is 11.9. The van der Waals surface area contributed by atoms with Crippen LogP contribution in [0.3, 0.4) is 0 Å². The molecular weight excluding hydrogens is 370 g/mol. The number of rotatable bonds is 8. The van der Waals surface area contributed by atoms with E-state index < -0.39 is 0 Å². The maximum absolute atomic E-state index is 6.51. The Labute approximate surface area is 172 Å². The van der Waals surface area contributed by atoms with Crippen LogP contribution in [0.4, 0.5) is 0 Å². The molecule has 0 heterocycles. The fourth-order valence-corrected chi connectivity index (χ4v) is 3.39. The highest BCUT2D eigenvalue weighted by molar-refractivity contribution is 6.32. The van der Waals surface area contributed by atoms with Crippen molar-refractivity contribution in [3.8, 4) is 11.5 Å². The average molecular weight is 396 g/mol. The Morgan fingerprint density at radius 3 is 2.46 bits per heavy atom. The average Bonchev–Trinajstić information content (AvgIpc) is 2.71. The van der Waals surface area contributed by atoms with Gasteiger partial charge in [0.15, 0.2) is 11.5 Å². The van der Waals surface area contributed by atoms with E-state index in [2.05, 4.69) is 43.4 Å². The van der Waals surface area contributed by atoms with Gasteiger partial charge in [-0.1, -0.05) is 71.8 Å². The molecule has 0 spiro atoms. The third-order valence-corrected chi connectivity index (χ3v) is 4.95. The zero-order chi connectivity index (χ0) is 19.9. The van der Waals surface area contributed by atoms with Crippen LogP contribution >= 0.6 is 11.6 Å². The molecule has 1 unspecified atom stereocenters. The molecule has 0 saturated carbocycles. The summed E-state index contributed by atoms with van der Waals surface area (Å²) in [4.78, 5) is 0. The number of hydrogen-bond donors (Lipinski definition) is 1. The smallest absolute Gasteiger partial charge is 0.180 e. The van der Waals surface area contributed by atoms with Gasteiger partial charge in [0.25, 0.3) is 0 Å². The topological polar surface area (TPSA) is 30.5 Å². The molecule has 1 atom stereocenters. The predicted molar refractivity (Wildman–Crippen MR) is 115 cm³/mol. The SMILES string of the molecule is COc1cc(CNC(C)c2ccccc2)cc(Cl)c1OCc1cccc(C)c1. The van der Waals surface area contributed by atoms with Gasteiger partial charge in [-0.2, -0.15) is 0 Å². The summed E-state index contributed by atoms with van der Waals surface area (Å²) in [6.07, 6.45) is 0. The molecule has 0 fully saturated rings. The molecular formula is C24H26ClNO2. The van der Waals surface area contributed by atoms with E-state index in [1.807, 2.05) is 42.5 Å². The number of nitrogens with one attached hydrogen (secondary N) is 1. The lowest BCUT2D eigenvalue weighted by Gasteiger charge is -2.17. The number of hydrogen-bond acceptors (Lipinski definition) is 3. The van der Waals surface area contributed by atoms with Crippen LogP contribution in [0.15, 0.2) is 66.7 Å². The van der Waals surface area contributed by atoms with E-state index in [-0.39, 0.29) is 6.04 Å². The molecule has 3 aromatic rings. The summed E-state index contributed by atoms with van der Waals surface area (Å²) in [5.41, 5.74) is 4.60. The van der Waals surface area contributed by atoms with Crippen molar-refractivity contribution in [3.63, 3.8) is 0 Å². The second kappa shape index (κ2) is 9.63. The Morgan fingerprint density at radius 2 is 1.75 bits per heavy atom. The molecule has 3 aromatic carbocycles. The highest BCUT2D eigenvalue weighted by atomic mass is 35.5. The van der Waals surface area contributed by atoms with Crippen molar-refractivity contribution >= 4 is 11.6 Å². The number of methoxy groups -OCH3 is 1. The van der Waals surface area contributed by atoms with Gasteiger partial charge in [0.05, 0.1) is 12.1 Å². The minimum absolute atomic E-state index is 0.239. The highest BCUT2D eigenvalue weighted by Gasteiger charge is 2.13. The summed E-state index contributed by atoms with van der Waals surface area (Å²) in [6.45, 7) is 5.34. The first kappa shape index (κ1) is 20.2. The van der Waals surface area contributed by atoms with E-state index >= 15 is 0 Å². The maximum Gasteiger partial charge on any atom is 0.180 e. The monoisotopic (exact) mass is 395 g/mol. The van der Waals surface area contributed by atoms with Crippen molar-refractivity contribution in [1.82, 2.24) is 5.32 Å². The van der Waals surface area contributed by atoms with Crippen molar-refractivity contribution in [2.45, 2.75) is 33.0 Å². The van der Waals surface area contributed by atoms with E-state index in [1.165, 1.54) is 11.1 Å². The summed E-state index contributed by atoms with van der Waals surface area (Å²) in [6, 6.07) is 22.7. The Bertz CT molecular complexity index is 912. The lowest BCUT2D eigenvalue weighted by Crippen LogP contribution is -2.18. The van der Waals surface area contributed by atoms with Gasteiger partial charge in [0.1, 0.15) is 6.61 Å². The van der Waals surface area contributed by atoms with Crippen LogP contribution < -0.4 is 14.8 Å². The van der Waals surface area contributed by atoms with Crippen molar-refractivity contribution < 1.29 is 9.47 Å². The largest absolute Gasteiger partial charge is 0.493 e. The summed E-state index contributed by atoms with van der Waals surface area (Å²) in [5.74, 6) is 1.22. The Balaban J connectivity index is 1.68. The van der Waals surface area contributed by atoms with Gasteiger partial charge in [0, 0.05) is 12.6 Å². The van der Waals surface area contributed by atoms with Gasteiger partial charge in [0.2, 0.25) is 0 Å². The molecule has 4 heteroatoms. The number of aryl methyl sites for hydroxylation is 1. The Hall–Kier alpha value is -2.49. The van der Waals surface area contributed by atoms with Crippen LogP contribution in [0.1, 0.15) is 35.2 Å². The number of halogens is 1. The van der Waals surface area contributed by atoms with Gasteiger partial charge >= 0.3 is 0 Å². The number of benzene rings is 3. The third-order valence-electron chi connectivity index (χ3n) is 4.67. The van der Waals surface area contributed by atoms with Crippen molar-refractivity contribution in [2.75, 3.05) is 7.11 Å². The lowest BCUT2D eigenvalue weighted by molar-refractivity contribution is 0.284. The molecule has 0 aliphatic rings. The second-order valence-corrected chi connectivity index (χ2v) is 7.31. The molecule has 0 aromatic heterocycles. The molecule has 0 aliphatic heterocycles. The molecule has 3 rings (SSSR count). The lowest BCUT2D eigenvalue weighted by atomic mass is 10.1. The molecule has 0 saturated heterocycles. The first-order valence-corrected chi connectivity index (χ1v) is 9.77. The van der Waals surface area contributed by atoms with Gasteiger partial charge in [-0.25, -0.2) is 0 Å². The predicted octanol–water partition coefficient (Wildman–Crippen LogP) is 6.09. The van der Waals surface area contributed by atoms with Crippen molar-refractivity contribution in [1.29, 1.82) is 0 Å². The van der Waals surface area contributed by atoms with Crippen LogP contribution in [0, 0.1) is 6.92 Å². The van der Waals surface area contributed by atoms with E-state index in [0.717, 1.165) is 11.1 Å². The zero-order valence-electron chi connectivity index (χ0n) is 16.5. The minimum Gasteiger partial charge on any atom is -0.493 e. The van der Waals surface area contributed by atoms with Gasteiger partial charge in [-0.3, -0.25) is 0 Å². The Kier molecular flexibility index (Phi) is 6.96. The van der Waals surface area contributed by atoms with E-state index in [4.69, 9.17) is 21.1 Å². The minimum atomic E-state index is 0.239. The van der Waals surface area contributed by atoms with E-state index in [1.54, 1.807) is 7.11 Å². The van der Waals surface area contributed by atoms with E-state index in [9.17, 15) is 0 Å². The first-order chi connectivity index (χ1) is 13.6. The zero-order valence-corrected chi connectivity index (χ0v) is 17.3. The summed E-state index contributed by atoms with van der Waals surface area (Å²) >= 11 is 6.51. The van der Waals surface area contributed by atoms with E-state index in [0.29, 0.717) is 29.7 Å². The van der Waals surface area contributed by atoms with Gasteiger partial charge < -0.3 is 14.8 Å². The van der Waals surface area contributed by atoms with Crippen molar-refractivity contribution in [2.24, 2.45) is 0 Å². The summed E-state index contributed by atoms with van der Waals surface area (Å²) in [5, 5.41) is 4.07. The Morgan fingerprint density at radius 1 is 0.964 bits per heavy atom. The van der Waals surface area contributed by atoms with Crippen molar-refractivity contribution in [3.05, 3.63) is 94.0 Å². The molecule has 0 bridgehead atoms. The maximum atomic E-state index is 6.51. The molecule has 0 aliphatic carbocycles. The standard InChI is InChI=1S/C24H26ClNO2/c1-17-8-7-9-19(12-17)16-28-24-22(25)13-20(14-23(24)27-3)15-26-18(2)21-10-5-4-6-11-21/h4-14,18,26H,15-16H2,1-3H3. The quantitative estimate of drug-likeness (QED) is 0.500. The van der Waals surface area contributed by atoms with Crippen LogP contribution in [0.5, 0.6) is 11.5 Å². The number of ether oxygens (including phenoxy) is 2. The van der Waals surface area contributed by atoms with Gasteiger partial charge in [-0.05, 0) is 42.7 Å². The first-order valence-electron chi connectivity index (χ1n) is 9.40. The molecule has 0 radical (unpaired) electrons. The van der Waals surface area contributed by atoms with Crippen LogP contribution in [0.25, 0.3) is 0 Å². The molecule has 1 N–H and O–H groups in total. The molecule has 28 heavy (non-hydrogen) atoms. The second-order valence-electron chi connectivity index (χ2n) is 6.90. The van der Waals surface area contributed by atoms with Crippen LogP contribution in [-0.4, -0.2) is 7.11 Å². The molecule has 146 valence electrons. The van der Waals surface area contributed by atoms with Crippen LogP contribution in [0.2, 0.25) is 5.02 Å². The summed E-state index contributed by atoms with van der Waals surface area (Å²) < 4.78 is 11.5. The molecule has 0 amide bonds. The molecule has 3 nitrogen and oxygen atoms in total. The third kappa shape index (κ3) is 5.28. The fraction of sp³-hybridized carbons (Fsp3) is 0.250.